The maximum Gasteiger partial charge on any atom is 0.242 e. The maximum absolute atomic E-state index is 11.7. The fourth-order valence-corrected chi connectivity index (χ4v) is 1.38. The van der Waals surface area contributed by atoms with E-state index in [9.17, 15) is 14.4 Å². The fraction of sp³-hybridized carbons (Fsp3) is 0.750. The average molecular weight is 258 g/mol. The summed E-state index contributed by atoms with van der Waals surface area (Å²) in [5.41, 5.74) is 0. The Hall–Kier alpha value is -1.43. The summed E-state index contributed by atoms with van der Waals surface area (Å²) in [5.74, 6) is -0.670. The lowest BCUT2D eigenvalue weighted by molar-refractivity contribution is -0.128. The largest absolute Gasteiger partial charge is 0.396 e. The highest BCUT2D eigenvalue weighted by Gasteiger charge is 2.18. The molecule has 0 bridgehead atoms. The molecule has 0 aromatic carbocycles. The number of carbonyl (C=O) groups is 3. The third-order valence-electron chi connectivity index (χ3n) is 2.68. The predicted molar refractivity (Wildman–Crippen MR) is 66.8 cm³/mol. The first-order chi connectivity index (χ1) is 8.38. The zero-order valence-corrected chi connectivity index (χ0v) is 11.2. The number of ketones is 1. The van der Waals surface area contributed by atoms with Gasteiger partial charge in [0.25, 0.3) is 0 Å². The number of aliphatic hydroxyl groups is 1. The van der Waals surface area contributed by atoms with Crippen molar-refractivity contribution in [1.29, 1.82) is 0 Å². The Kier molecular flexibility index (Phi) is 7.94. The van der Waals surface area contributed by atoms with Gasteiger partial charge in [-0.1, -0.05) is 6.92 Å². The molecule has 2 atom stereocenters. The molecule has 0 spiro atoms. The van der Waals surface area contributed by atoms with Crippen LogP contribution < -0.4 is 10.6 Å². The second kappa shape index (κ2) is 8.63. The summed E-state index contributed by atoms with van der Waals surface area (Å²) >= 11 is 0. The summed E-state index contributed by atoms with van der Waals surface area (Å²) in [6.07, 6.45) is 0.737. The first kappa shape index (κ1) is 16.6. The fourth-order valence-electron chi connectivity index (χ4n) is 1.38. The minimum Gasteiger partial charge on any atom is -0.396 e. The molecule has 0 aromatic rings. The zero-order valence-electron chi connectivity index (χ0n) is 11.2. The van der Waals surface area contributed by atoms with Crippen LogP contribution in [0.1, 0.15) is 33.6 Å². The van der Waals surface area contributed by atoms with Gasteiger partial charge in [-0.2, -0.15) is 0 Å². The van der Waals surface area contributed by atoms with Crippen molar-refractivity contribution in [2.24, 2.45) is 5.92 Å². The molecule has 0 saturated heterocycles. The van der Waals surface area contributed by atoms with Crippen molar-refractivity contribution >= 4 is 17.6 Å². The van der Waals surface area contributed by atoms with Crippen LogP contribution in [0.15, 0.2) is 0 Å². The zero-order chi connectivity index (χ0) is 14.1. The van der Waals surface area contributed by atoms with Gasteiger partial charge in [0, 0.05) is 26.0 Å². The van der Waals surface area contributed by atoms with Crippen molar-refractivity contribution in [2.45, 2.75) is 39.7 Å². The lowest BCUT2D eigenvalue weighted by Crippen LogP contribution is -2.47. The smallest absolute Gasteiger partial charge is 0.242 e. The van der Waals surface area contributed by atoms with Crippen molar-refractivity contribution in [1.82, 2.24) is 10.6 Å². The van der Waals surface area contributed by atoms with Gasteiger partial charge in [-0.25, -0.2) is 0 Å². The molecule has 1 unspecified atom stereocenters. The molecular weight excluding hydrogens is 236 g/mol. The Balaban J connectivity index is 4.10. The van der Waals surface area contributed by atoms with Crippen molar-refractivity contribution in [3.8, 4) is 0 Å². The summed E-state index contributed by atoms with van der Waals surface area (Å²) in [7, 11) is 0. The van der Waals surface area contributed by atoms with Crippen LogP contribution in [0.5, 0.6) is 0 Å². The Bertz CT molecular complexity index is 304. The maximum atomic E-state index is 11.7. The van der Waals surface area contributed by atoms with E-state index in [1.807, 2.05) is 0 Å². The number of nitrogens with one attached hydrogen (secondary N) is 2. The highest BCUT2D eigenvalue weighted by Crippen LogP contribution is 2.01. The van der Waals surface area contributed by atoms with Crippen molar-refractivity contribution < 1.29 is 19.5 Å². The van der Waals surface area contributed by atoms with Gasteiger partial charge < -0.3 is 15.7 Å². The van der Waals surface area contributed by atoms with E-state index < -0.39 is 6.04 Å². The second-order valence-corrected chi connectivity index (χ2v) is 4.36. The summed E-state index contributed by atoms with van der Waals surface area (Å²) in [6.45, 7) is 4.82. The van der Waals surface area contributed by atoms with Crippen LogP contribution >= 0.6 is 0 Å². The quantitative estimate of drug-likeness (QED) is 0.552. The van der Waals surface area contributed by atoms with Crippen LogP contribution in [0.3, 0.4) is 0 Å². The van der Waals surface area contributed by atoms with Gasteiger partial charge in [0.15, 0.2) is 0 Å². The van der Waals surface area contributed by atoms with Crippen LogP contribution in [0.25, 0.3) is 0 Å². The van der Waals surface area contributed by atoms with Crippen LogP contribution in [0.2, 0.25) is 0 Å². The molecule has 6 heteroatoms. The molecule has 104 valence electrons. The van der Waals surface area contributed by atoms with E-state index in [4.69, 9.17) is 5.11 Å². The van der Waals surface area contributed by atoms with Crippen molar-refractivity contribution in [3.63, 3.8) is 0 Å². The van der Waals surface area contributed by atoms with E-state index in [2.05, 4.69) is 10.6 Å². The number of hydrogen-bond acceptors (Lipinski definition) is 4. The number of aliphatic hydroxyl groups excluding tert-OH is 1. The minimum absolute atomic E-state index is 0.0815. The number of amides is 2. The van der Waals surface area contributed by atoms with Crippen molar-refractivity contribution in [2.75, 3.05) is 13.2 Å². The molecule has 0 saturated carbocycles. The molecule has 0 aliphatic heterocycles. The van der Waals surface area contributed by atoms with E-state index in [0.29, 0.717) is 13.0 Å². The van der Waals surface area contributed by atoms with E-state index >= 15 is 0 Å². The van der Waals surface area contributed by atoms with Gasteiger partial charge in [-0.3, -0.25) is 14.4 Å². The molecule has 0 aliphatic carbocycles. The molecule has 0 heterocycles. The molecule has 0 fully saturated rings. The minimum atomic E-state index is -0.722. The van der Waals surface area contributed by atoms with E-state index in [1.54, 1.807) is 6.92 Å². The molecular formula is C12H22N2O4. The third kappa shape index (κ3) is 7.01. The Morgan fingerprint density at radius 1 is 1.17 bits per heavy atom. The van der Waals surface area contributed by atoms with E-state index in [-0.39, 0.29) is 36.5 Å². The highest BCUT2D eigenvalue weighted by atomic mass is 16.3. The standard InChI is InChI=1S/C12H22N2O4/c1-8(9(2)16)4-6-13-12(18)11(5-7-15)14-10(3)17/h8,11,15H,4-7H2,1-3H3,(H,13,18)(H,14,17)/t8?,11-/m0/s1. The molecule has 3 N–H and O–H groups in total. The predicted octanol–water partition coefficient (Wildman–Crippen LogP) is -0.395. The first-order valence-corrected chi connectivity index (χ1v) is 6.04. The first-order valence-electron chi connectivity index (χ1n) is 6.04. The lowest BCUT2D eigenvalue weighted by atomic mass is 10.0. The topological polar surface area (TPSA) is 95.5 Å². The number of Topliss-reactive ketones (excluding diaryl/α,β-unsaturated/α-hetero) is 1. The second-order valence-electron chi connectivity index (χ2n) is 4.36. The van der Waals surface area contributed by atoms with Gasteiger partial charge in [-0.05, 0) is 19.8 Å². The number of hydrogen-bond donors (Lipinski definition) is 3. The van der Waals surface area contributed by atoms with Gasteiger partial charge in [0.1, 0.15) is 11.8 Å². The van der Waals surface area contributed by atoms with Gasteiger partial charge in [0.2, 0.25) is 11.8 Å². The molecule has 0 rings (SSSR count). The SMILES string of the molecule is CC(=O)N[C@@H](CCO)C(=O)NCCC(C)C(C)=O. The van der Waals surface area contributed by atoms with Gasteiger partial charge in [0.05, 0.1) is 0 Å². The van der Waals surface area contributed by atoms with Crippen LogP contribution in [-0.4, -0.2) is 41.9 Å². The summed E-state index contributed by atoms with van der Waals surface area (Å²) in [5, 5.41) is 13.9. The number of rotatable bonds is 8. The normalized spacial score (nSPS) is 13.6. The average Bonchev–Trinajstić information content (AvgIpc) is 2.27. The molecule has 18 heavy (non-hydrogen) atoms. The molecule has 6 nitrogen and oxygen atoms in total. The van der Waals surface area contributed by atoms with E-state index in [1.165, 1.54) is 13.8 Å². The summed E-state index contributed by atoms with van der Waals surface area (Å²) < 4.78 is 0. The van der Waals surface area contributed by atoms with Crippen LogP contribution in [0, 0.1) is 5.92 Å². The Morgan fingerprint density at radius 2 is 1.78 bits per heavy atom. The van der Waals surface area contributed by atoms with Gasteiger partial charge in [-0.15, -0.1) is 0 Å². The van der Waals surface area contributed by atoms with Crippen LogP contribution in [0.4, 0.5) is 0 Å². The molecule has 0 radical (unpaired) electrons. The Labute approximate surface area is 107 Å². The highest BCUT2D eigenvalue weighted by molar-refractivity contribution is 5.86. The molecule has 0 aliphatic rings. The molecule has 2 amide bonds. The van der Waals surface area contributed by atoms with E-state index in [0.717, 1.165) is 0 Å². The lowest BCUT2D eigenvalue weighted by Gasteiger charge is -2.17. The Morgan fingerprint density at radius 3 is 2.22 bits per heavy atom. The van der Waals surface area contributed by atoms with Crippen LogP contribution in [-0.2, 0) is 14.4 Å². The van der Waals surface area contributed by atoms with Crippen molar-refractivity contribution in [3.05, 3.63) is 0 Å². The summed E-state index contributed by atoms with van der Waals surface area (Å²) in [4.78, 5) is 33.6. The third-order valence-corrected chi connectivity index (χ3v) is 2.68. The monoisotopic (exact) mass is 258 g/mol. The summed E-state index contributed by atoms with van der Waals surface area (Å²) in [6, 6.07) is -0.722. The number of carbonyl (C=O) groups excluding carboxylic acids is 3. The van der Waals surface area contributed by atoms with Gasteiger partial charge >= 0.3 is 0 Å². The molecule has 0 aromatic heterocycles.